The number of aliphatic imine (C=N–C) groups is 1. The van der Waals surface area contributed by atoms with Crippen LogP contribution in [-0.4, -0.2) is 31.7 Å². The maximum absolute atomic E-state index is 5.79. The fourth-order valence-electron chi connectivity index (χ4n) is 1.68. The van der Waals surface area contributed by atoms with Crippen LogP contribution in [0.5, 0.6) is 5.75 Å². The number of nitrogens with one attached hydrogen (secondary N) is 2. The first kappa shape index (κ1) is 16.6. The van der Waals surface area contributed by atoms with Gasteiger partial charge in [-0.25, -0.2) is 0 Å². The average Bonchev–Trinajstić information content (AvgIpc) is 2.40. The van der Waals surface area contributed by atoms with Gasteiger partial charge in [-0.3, -0.25) is 4.99 Å². The van der Waals surface area contributed by atoms with E-state index in [-0.39, 0.29) is 30.1 Å². The number of hydrogen-bond donors (Lipinski definition) is 2. The smallest absolute Gasteiger partial charge is 0.191 e. The van der Waals surface area contributed by atoms with Crippen molar-refractivity contribution in [3.63, 3.8) is 0 Å². The molecule has 1 aromatic rings. The van der Waals surface area contributed by atoms with Gasteiger partial charge in [-0.1, -0.05) is 15.9 Å². The van der Waals surface area contributed by atoms with Gasteiger partial charge in [0.2, 0.25) is 0 Å². The highest BCUT2D eigenvalue weighted by Crippen LogP contribution is 2.17. The molecule has 0 radical (unpaired) electrons. The third kappa shape index (κ3) is 5.99. The predicted octanol–water partition coefficient (Wildman–Crippen LogP) is 2.77. The number of hydrogen-bond acceptors (Lipinski definition) is 4. The Morgan fingerprint density at radius 2 is 2.16 bits per heavy atom. The lowest BCUT2D eigenvalue weighted by atomic mass is 10.3. The van der Waals surface area contributed by atoms with E-state index < -0.39 is 0 Å². The van der Waals surface area contributed by atoms with Crippen LogP contribution in [0.2, 0.25) is 0 Å². The lowest BCUT2D eigenvalue weighted by Crippen LogP contribution is -2.44. The Hall–Kier alpha value is -0.500. The molecular formula is C13H19BrIN3O. The second-order valence-electron chi connectivity index (χ2n) is 4.27. The normalized spacial score (nSPS) is 15.6. The molecule has 1 unspecified atom stereocenters. The Labute approximate surface area is 139 Å². The molecule has 0 fully saturated rings. The molecule has 0 bridgehead atoms. The average molecular weight is 440 g/mol. The molecule has 2 rings (SSSR count). The second-order valence-corrected chi connectivity index (χ2v) is 5.19. The van der Waals surface area contributed by atoms with E-state index in [4.69, 9.17) is 4.74 Å². The minimum atomic E-state index is 0. The molecule has 2 N–H and O–H groups in total. The van der Waals surface area contributed by atoms with Gasteiger partial charge in [0.1, 0.15) is 11.9 Å². The van der Waals surface area contributed by atoms with Gasteiger partial charge in [0, 0.05) is 17.6 Å². The highest BCUT2D eigenvalue weighted by atomic mass is 127. The van der Waals surface area contributed by atoms with Gasteiger partial charge in [0.15, 0.2) is 5.96 Å². The Bertz CT molecular complexity index is 411. The van der Waals surface area contributed by atoms with Gasteiger partial charge < -0.3 is 15.4 Å². The van der Waals surface area contributed by atoms with Crippen LogP contribution >= 0.6 is 39.9 Å². The Kier molecular flexibility index (Phi) is 7.52. The summed E-state index contributed by atoms with van der Waals surface area (Å²) >= 11 is 3.40. The van der Waals surface area contributed by atoms with Crippen LogP contribution in [0.4, 0.5) is 0 Å². The fraction of sp³-hybridized carbons (Fsp3) is 0.462. The Morgan fingerprint density at radius 3 is 2.79 bits per heavy atom. The zero-order valence-corrected chi connectivity index (χ0v) is 14.8. The predicted molar refractivity (Wildman–Crippen MR) is 92.6 cm³/mol. The van der Waals surface area contributed by atoms with Crippen LogP contribution in [0.1, 0.15) is 13.3 Å². The van der Waals surface area contributed by atoms with E-state index in [0.29, 0.717) is 0 Å². The van der Waals surface area contributed by atoms with Crippen LogP contribution in [0.15, 0.2) is 33.7 Å². The van der Waals surface area contributed by atoms with Gasteiger partial charge in [-0.15, -0.1) is 24.0 Å². The summed E-state index contributed by atoms with van der Waals surface area (Å²) in [5, 5.41) is 6.48. The van der Waals surface area contributed by atoms with Crippen molar-refractivity contribution in [2.45, 2.75) is 19.4 Å². The minimum Gasteiger partial charge on any atom is -0.489 e. The van der Waals surface area contributed by atoms with Gasteiger partial charge in [-0.2, -0.15) is 0 Å². The van der Waals surface area contributed by atoms with E-state index in [0.717, 1.165) is 42.2 Å². The van der Waals surface area contributed by atoms with Crippen molar-refractivity contribution >= 4 is 45.9 Å². The summed E-state index contributed by atoms with van der Waals surface area (Å²) in [5.74, 6) is 1.76. The molecule has 1 aromatic carbocycles. The molecule has 4 nitrogen and oxygen atoms in total. The molecule has 0 aromatic heterocycles. The molecule has 0 spiro atoms. The topological polar surface area (TPSA) is 45.7 Å². The molecule has 19 heavy (non-hydrogen) atoms. The van der Waals surface area contributed by atoms with Crippen molar-refractivity contribution in [2.75, 3.05) is 19.6 Å². The van der Waals surface area contributed by atoms with Gasteiger partial charge in [0.05, 0.1) is 6.54 Å². The highest BCUT2D eigenvalue weighted by molar-refractivity contribution is 14.0. The van der Waals surface area contributed by atoms with E-state index in [1.54, 1.807) is 0 Å². The molecule has 1 heterocycles. The monoisotopic (exact) mass is 439 g/mol. The van der Waals surface area contributed by atoms with Crippen molar-refractivity contribution in [2.24, 2.45) is 4.99 Å². The maximum atomic E-state index is 5.79. The summed E-state index contributed by atoms with van der Waals surface area (Å²) in [6.07, 6.45) is 1.20. The van der Waals surface area contributed by atoms with Crippen LogP contribution in [-0.2, 0) is 0 Å². The number of nitrogens with zero attached hydrogens (tertiary/aromatic N) is 1. The molecule has 106 valence electrons. The summed E-state index contributed by atoms with van der Waals surface area (Å²) in [7, 11) is 0. The molecular weight excluding hydrogens is 421 g/mol. The molecule has 0 amide bonds. The van der Waals surface area contributed by atoms with E-state index in [1.807, 2.05) is 31.2 Å². The SMILES string of the molecule is CC(CNC1=NCCCN1)Oc1ccc(Br)cc1.I. The second kappa shape index (κ2) is 8.63. The summed E-state index contributed by atoms with van der Waals surface area (Å²) in [5.41, 5.74) is 0. The van der Waals surface area contributed by atoms with E-state index in [2.05, 4.69) is 31.6 Å². The van der Waals surface area contributed by atoms with Crippen molar-refractivity contribution in [1.29, 1.82) is 0 Å². The lowest BCUT2D eigenvalue weighted by Gasteiger charge is -2.19. The lowest BCUT2D eigenvalue weighted by molar-refractivity contribution is 0.223. The zero-order chi connectivity index (χ0) is 12.8. The summed E-state index contributed by atoms with van der Waals surface area (Å²) < 4.78 is 6.85. The van der Waals surface area contributed by atoms with Crippen LogP contribution in [0.3, 0.4) is 0 Å². The van der Waals surface area contributed by atoms with E-state index >= 15 is 0 Å². The van der Waals surface area contributed by atoms with Crippen molar-refractivity contribution in [3.05, 3.63) is 28.7 Å². The van der Waals surface area contributed by atoms with Gasteiger partial charge >= 0.3 is 0 Å². The quantitative estimate of drug-likeness (QED) is 0.709. The number of halogens is 2. The van der Waals surface area contributed by atoms with Gasteiger partial charge in [-0.05, 0) is 37.6 Å². The number of guanidine groups is 1. The fourth-order valence-corrected chi connectivity index (χ4v) is 1.94. The third-order valence-electron chi connectivity index (χ3n) is 2.61. The number of benzene rings is 1. The largest absolute Gasteiger partial charge is 0.489 e. The molecule has 0 aliphatic carbocycles. The van der Waals surface area contributed by atoms with Gasteiger partial charge in [0.25, 0.3) is 0 Å². The minimum absolute atomic E-state index is 0. The van der Waals surface area contributed by atoms with Crippen LogP contribution < -0.4 is 15.4 Å². The van der Waals surface area contributed by atoms with E-state index in [9.17, 15) is 0 Å². The van der Waals surface area contributed by atoms with Crippen LogP contribution in [0, 0.1) is 0 Å². The molecule has 0 saturated carbocycles. The number of ether oxygens (including phenoxy) is 1. The van der Waals surface area contributed by atoms with E-state index in [1.165, 1.54) is 0 Å². The first-order valence-electron chi connectivity index (χ1n) is 6.18. The first-order valence-corrected chi connectivity index (χ1v) is 6.98. The summed E-state index contributed by atoms with van der Waals surface area (Å²) in [6.45, 7) is 4.67. The molecule has 6 heteroatoms. The highest BCUT2D eigenvalue weighted by Gasteiger charge is 2.07. The van der Waals surface area contributed by atoms with Crippen molar-refractivity contribution < 1.29 is 4.74 Å². The molecule has 0 saturated heterocycles. The van der Waals surface area contributed by atoms with Crippen LogP contribution in [0.25, 0.3) is 0 Å². The maximum Gasteiger partial charge on any atom is 0.191 e. The Balaban J connectivity index is 0.00000180. The standard InChI is InChI=1S/C13H18BrN3O.HI/c1-10(9-17-13-15-7-2-8-16-13)18-12-5-3-11(14)4-6-12;/h3-6,10H,2,7-9H2,1H3,(H2,15,16,17);1H. The van der Waals surface area contributed by atoms with Crippen molar-refractivity contribution in [1.82, 2.24) is 10.6 Å². The summed E-state index contributed by atoms with van der Waals surface area (Å²) in [4.78, 5) is 4.35. The molecule has 1 aliphatic rings. The zero-order valence-electron chi connectivity index (χ0n) is 10.9. The van der Waals surface area contributed by atoms with Crippen molar-refractivity contribution in [3.8, 4) is 5.75 Å². The Morgan fingerprint density at radius 1 is 1.42 bits per heavy atom. The number of rotatable bonds is 4. The molecule has 1 atom stereocenters. The third-order valence-corrected chi connectivity index (χ3v) is 3.13. The first-order chi connectivity index (χ1) is 8.74. The summed E-state index contributed by atoms with van der Waals surface area (Å²) in [6, 6.07) is 7.86. The molecule has 1 aliphatic heterocycles.